The third-order valence-corrected chi connectivity index (χ3v) is 5.49. The molecule has 1 aliphatic carbocycles. The Morgan fingerprint density at radius 2 is 1.92 bits per heavy atom. The largest absolute Gasteiger partial charge is 0.481 e. The van der Waals surface area contributed by atoms with Crippen LogP contribution in [0, 0.1) is 5.82 Å². The molecule has 0 spiro atoms. The van der Waals surface area contributed by atoms with Crippen molar-refractivity contribution >= 4 is 23.2 Å². The molecule has 0 bridgehead atoms. The second-order valence-corrected chi connectivity index (χ2v) is 7.06. The molecular weight excluding hydrogens is 329 g/mol. The minimum Gasteiger partial charge on any atom is -0.481 e. The lowest BCUT2D eigenvalue weighted by Gasteiger charge is -2.13. The molecule has 0 radical (unpaired) electrons. The van der Waals surface area contributed by atoms with Crippen LogP contribution in [0.1, 0.15) is 44.4 Å². The molecule has 0 saturated carbocycles. The summed E-state index contributed by atoms with van der Waals surface area (Å²) in [5, 5.41) is 12.1. The number of carboxylic acid groups (broad SMARTS) is 1. The van der Waals surface area contributed by atoms with Gasteiger partial charge in [0.05, 0.1) is 10.8 Å². The molecule has 2 aromatic rings. The zero-order valence-corrected chi connectivity index (χ0v) is 13.9. The van der Waals surface area contributed by atoms with Gasteiger partial charge in [0.15, 0.2) is 0 Å². The molecule has 2 N–H and O–H groups in total. The van der Waals surface area contributed by atoms with E-state index in [2.05, 4.69) is 5.32 Å². The van der Waals surface area contributed by atoms with Crippen molar-refractivity contribution in [2.24, 2.45) is 0 Å². The number of carboxylic acids is 1. The first-order chi connectivity index (χ1) is 11.5. The molecule has 1 aromatic carbocycles. The summed E-state index contributed by atoms with van der Waals surface area (Å²) in [5.74, 6) is -2.62. The van der Waals surface area contributed by atoms with E-state index in [0.717, 1.165) is 25.7 Å². The normalized spacial score (nSPS) is 14.7. The number of rotatable bonds is 5. The van der Waals surface area contributed by atoms with Crippen LogP contribution in [0.4, 0.5) is 4.39 Å². The second-order valence-electron chi connectivity index (χ2n) is 5.92. The Labute approximate surface area is 143 Å². The zero-order valence-electron chi connectivity index (χ0n) is 13.0. The first-order valence-corrected chi connectivity index (χ1v) is 8.74. The number of halogens is 1. The lowest BCUT2D eigenvalue weighted by atomic mass is 9.99. The maximum atomic E-state index is 13.0. The van der Waals surface area contributed by atoms with E-state index >= 15 is 0 Å². The van der Waals surface area contributed by atoms with Gasteiger partial charge in [0, 0.05) is 11.4 Å². The predicted octanol–water partition coefficient (Wildman–Crippen LogP) is 3.36. The third kappa shape index (κ3) is 3.64. The molecule has 1 aromatic heterocycles. The number of fused-ring (bicyclic) bond motifs is 1. The van der Waals surface area contributed by atoms with Crippen molar-refractivity contribution < 1.29 is 19.1 Å². The van der Waals surface area contributed by atoms with Crippen LogP contribution in [0.2, 0.25) is 0 Å². The number of hydrogen-bond acceptors (Lipinski definition) is 3. The SMILES string of the molecule is O=C(NCC(C(=O)O)c1ccc(F)cc1)c1cc2c(s1)CCCC2. The molecule has 24 heavy (non-hydrogen) atoms. The van der Waals surface area contributed by atoms with Crippen molar-refractivity contribution in [1.82, 2.24) is 5.32 Å². The number of carbonyl (C=O) groups excluding carboxylic acids is 1. The summed E-state index contributed by atoms with van der Waals surface area (Å²) < 4.78 is 13.0. The maximum absolute atomic E-state index is 13.0. The van der Waals surface area contributed by atoms with Crippen LogP contribution in [0.25, 0.3) is 0 Å². The molecule has 1 aliphatic rings. The van der Waals surface area contributed by atoms with Gasteiger partial charge < -0.3 is 10.4 Å². The lowest BCUT2D eigenvalue weighted by molar-refractivity contribution is -0.138. The average Bonchev–Trinajstić information content (AvgIpc) is 3.00. The molecule has 0 aliphatic heterocycles. The van der Waals surface area contributed by atoms with Gasteiger partial charge in [0.25, 0.3) is 5.91 Å². The Kier molecular flexibility index (Phi) is 4.94. The van der Waals surface area contributed by atoms with Crippen molar-refractivity contribution in [3.63, 3.8) is 0 Å². The highest BCUT2D eigenvalue weighted by Gasteiger charge is 2.22. The highest BCUT2D eigenvalue weighted by molar-refractivity contribution is 7.14. The number of aliphatic carboxylic acids is 1. The Hall–Kier alpha value is -2.21. The second kappa shape index (κ2) is 7.13. The molecule has 0 fully saturated rings. The molecule has 1 heterocycles. The summed E-state index contributed by atoms with van der Waals surface area (Å²) in [6.07, 6.45) is 4.32. The van der Waals surface area contributed by atoms with Gasteiger partial charge in [-0.15, -0.1) is 11.3 Å². The van der Waals surface area contributed by atoms with E-state index in [-0.39, 0.29) is 12.5 Å². The molecule has 126 valence electrons. The highest BCUT2D eigenvalue weighted by atomic mass is 32.1. The first kappa shape index (κ1) is 16.6. The van der Waals surface area contributed by atoms with Crippen LogP contribution < -0.4 is 5.32 Å². The first-order valence-electron chi connectivity index (χ1n) is 7.92. The van der Waals surface area contributed by atoms with Gasteiger partial charge in [0.2, 0.25) is 0 Å². The van der Waals surface area contributed by atoms with Crippen LogP contribution in [0.3, 0.4) is 0 Å². The molecule has 1 unspecified atom stereocenters. The van der Waals surface area contributed by atoms with Crippen LogP contribution in [0.15, 0.2) is 30.3 Å². The molecule has 4 nitrogen and oxygen atoms in total. The van der Waals surface area contributed by atoms with Crippen molar-refractivity contribution in [2.75, 3.05) is 6.54 Å². The van der Waals surface area contributed by atoms with E-state index in [4.69, 9.17) is 0 Å². The number of amides is 1. The average molecular weight is 347 g/mol. The summed E-state index contributed by atoms with van der Waals surface area (Å²) in [5.41, 5.74) is 1.71. The Morgan fingerprint density at radius 1 is 1.21 bits per heavy atom. The monoisotopic (exact) mass is 347 g/mol. The number of benzene rings is 1. The molecule has 0 saturated heterocycles. The van der Waals surface area contributed by atoms with Gasteiger partial charge in [-0.2, -0.15) is 0 Å². The fourth-order valence-electron chi connectivity index (χ4n) is 2.93. The topological polar surface area (TPSA) is 66.4 Å². The van der Waals surface area contributed by atoms with Gasteiger partial charge in [-0.3, -0.25) is 9.59 Å². The Balaban J connectivity index is 1.68. The lowest BCUT2D eigenvalue weighted by Crippen LogP contribution is -2.31. The van der Waals surface area contributed by atoms with Gasteiger partial charge in [-0.25, -0.2) is 4.39 Å². The zero-order chi connectivity index (χ0) is 17.1. The van der Waals surface area contributed by atoms with Crippen LogP contribution in [0.5, 0.6) is 0 Å². The molecule has 1 atom stereocenters. The summed E-state index contributed by atoms with van der Waals surface area (Å²) in [6.45, 7) is -0.0254. The smallest absolute Gasteiger partial charge is 0.312 e. The van der Waals surface area contributed by atoms with E-state index in [1.165, 1.54) is 46.0 Å². The highest BCUT2D eigenvalue weighted by Crippen LogP contribution is 2.29. The third-order valence-electron chi connectivity index (χ3n) is 4.26. The molecule has 3 rings (SSSR count). The summed E-state index contributed by atoms with van der Waals surface area (Å²) in [7, 11) is 0. The number of nitrogens with one attached hydrogen (secondary N) is 1. The van der Waals surface area contributed by atoms with Gasteiger partial charge in [-0.1, -0.05) is 12.1 Å². The van der Waals surface area contributed by atoms with E-state index in [1.807, 2.05) is 6.07 Å². The number of hydrogen-bond donors (Lipinski definition) is 2. The fraction of sp³-hybridized carbons (Fsp3) is 0.333. The van der Waals surface area contributed by atoms with Crippen LogP contribution in [-0.4, -0.2) is 23.5 Å². The van der Waals surface area contributed by atoms with Crippen molar-refractivity contribution in [1.29, 1.82) is 0 Å². The van der Waals surface area contributed by atoms with Gasteiger partial charge in [-0.05, 0) is 55.0 Å². The summed E-state index contributed by atoms with van der Waals surface area (Å²) in [6, 6.07) is 7.23. The minimum atomic E-state index is -1.05. The van der Waals surface area contributed by atoms with Crippen LogP contribution >= 0.6 is 11.3 Å². The summed E-state index contributed by atoms with van der Waals surface area (Å²) in [4.78, 5) is 25.7. The molecule has 6 heteroatoms. The van der Waals surface area contributed by atoms with E-state index in [9.17, 15) is 19.1 Å². The van der Waals surface area contributed by atoms with E-state index in [1.54, 1.807) is 0 Å². The number of thiophene rings is 1. The number of carbonyl (C=O) groups is 2. The van der Waals surface area contributed by atoms with E-state index < -0.39 is 17.7 Å². The van der Waals surface area contributed by atoms with Gasteiger partial charge in [0.1, 0.15) is 5.82 Å². The Morgan fingerprint density at radius 3 is 2.58 bits per heavy atom. The molecule has 1 amide bonds. The standard InChI is InChI=1S/C18H18FNO3S/c19-13-7-5-11(6-8-13)14(18(22)23)10-20-17(21)16-9-12-3-1-2-4-15(12)24-16/h5-9,14H,1-4,10H2,(H,20,21)(H,22,23). The molecular formula is C18H18FNO3S. The van der Waals surface area contributed by atoms with Crippen molar-refractivity contribution in [3.05, 3.63) is 57.0 Å². The fourth-order valence-corrected chi connectivity index (χ4v) is 4.10. The van der Waals surface area contributed by atoms with Crippen LogP contribution in [-0.2, 0) is 17.6 Å². The van der Waals surface area contributed by atoms with E-state index in [0.29, 0.717) is 10.4 Å². The van der Waals surface area contributed by atoms with Crippen molar-refractivity contribution in [3.8, 4) is 0 Å². The number of aryl methyl sites for hydroxylation is 2. The Bertz CT molecular complexity index is 731. The maximum Gasteiger partial charge on any atom is 0.312 e. The predicted molar refractivity (Wildman–Crippen MR) is 90.1 cm³/mol. The van der Waals surface area contributed by atoms with Crippen molar-refractivity contribution in [2.45, 2.75) is 31.6 Å². The van der Waals surface area contributed by atoms with Gasteiger partial charge >= 0.3 is 5.97 Å². The minimum absolute atomic E-state index is 0.0254. The quantitative estimate of drug-likeness (QED) is 0.871. The summed E-state index contributed by atoms with van der Waals surface area (Å²) >= 11 is 1.49.